The number of halogens is 2. The van der Waals surface area contributed by atoms with Crippen molar-refractivity contribution in [3.63, 3.8) is 0 Å². The van der Waals surface area contributed by atoms with E-state index in [1.165, 1.54) is 24.3 Å². The van der Waals surface area contributed by atoms with Crippen LogP contribution in [0.2, 0.25) is 0 Å². The van der Waals surface area contributed by atoms with Crippen molar-refractivity contribution in [1.29, 1.82) is 0 Å². The SMILES string of the molecule is C=CC(=O)Nc1cc(F)cc(S(=O)(=O)c2ccc(N3CC(CN4CCC([C@@](CN5CCC5)(c5cccc(F)c5)[C@H]5CCC[C@@H]5NC(=O)O)CC4)C3)cc2)c1. The number of benzene rings is 3. The summed E-state index contributed by atoms with van der Waals surface area (Å²) < 4.78 is 55.9. The Labute approximate surface area is 316 Å². The normalized spacial score (nSPS) is 22.5. The molecule has 0 spiro atoms. The number of likely N-dealkylation sites (tertiary alicyclic amines) is 2. The maximum atomic E-state index is 14.9. The lowest BCUT2D eigenvalue weighted by Gasteiger charge is -2.54. The van der Waals surface area contributed by atoms with Gasteiger partial charge in [-0.2, -0.15) is 0 Å². The zero-order chi connectivity index (χ0) is 38.0. The second-order valence-corrected chi connectivity index (χ2v) is 17.4. The third-order valence-electron chi connectivity index (χ3n) is 12.2. The maximum Gasteiger partial charge on any atom is 0.404 e. The first-order valence-corrected chi connectivity index (χ1v) is 20.5. The number of carboxylic acid groups (broad SMARTS) is 1. The van der Waals surface area contributed by atoms with Gasteiger partial charge in [-0.05, 0) is 136 Å². The number of carbonyl (C=O) groups excluding carboxylic acids is 1. The van der Waals surface area contributed by atoms with Crippen LogP contribution in [0.4, 0.5) is 25.0 Å². The van der Waals surface area contributed by atoms with Crippen LogP contribution in [0.25, 0.3) is 0 Å². The fraction of sp³-hybridized carbons (Fsp3) is 0.463. The molecule has 0 aromatic heterocycles. The molecular formula is C41H49F2N5O5S. The molecule has 0 radical (unpaired) electrons. The molecule has 3 heterocycles. The number of amides is 2. The van der Waals surface area contributed by atoms with Gasteiger partial charge in [0.1, 0.15) is 11.6 Å². The quantitative estimate of drug-likeness (QED) is 0.178. The van der Waals surface area contributed by atoms with Gasteiger partial charge in [-0.15, -0.1) is 0 Å². The van der Waals surface area contributed by atoms with Crippen LogP contribution >= 0.6 is 0 Å². The molecule has 3 saturated heterocycles. The molecule has 2 amide bonds. The maximum absolute atomic E-state index is 14.9. The Morgan fingerprint density at radius 2 is 1.61 bits per heavy atom. The van der Waals surface area contributed by atoms with Crippen LogP contribution < -0.4 is 15.5 Å². The first kappa shape index (κ1) is 38.0. The Morgan fingerprint density at radius 1 is 0.870 bits per heavy atom. The molecule has 13 heteroatoms. The van der Waals surface area contributed by atoms with Gasteiger partial charge in [0, 0.05) is 54.9 Å². The highest BCUT2D eigenvalue weighted by atomic mass is 32.2. The number of carbonyl (C=O) groups is 2. The summed E-state index contributed by atoms with van der Waals surface area (Å²) in [6.07, 6.45) is 5.76. The van der Waals surface area contributed by atoms with Gasteiger partial charge in [0.2, 0.25) is 15.7 Å². The molecule has 3 aliphatic heterocycles. The highest BCUT2D eigenvalue weighted by Crippen LogP contribution is 2.51. The van der Waals surface area contributed by atoms with Crippen molar-refractivity contribution < 1.29 is 31.9 Å². The zero-order valence-corrected chi connectivity index (χ0v) is 31.2. The number of rotatable bonds is 13. The average Bonchev–Trinajstić information content (AvgIpc) is 3.57. The predicted molar refractivity (Wildman–Crippen MR) is 203 cm³/mol. The van der Waals surface area contributed by atoms with E-state index in [0.29, 0.717) is 5.92 Å². The number of anilines is 2. The Hall–Kier alpha value is -4.33. The van der Waals surface area contributed by atoms with E-state index in [2.05, 4.69) is 38.0 Å². The summed E-state index contributed by atoms with van der Waals surface area (Å²) in [5.74, 6) is -0.775. The Balaban J connectivity index is 0.991. The van der Waals surface area contributed by atoms with Crippen LogP contribution in [0.15, 0.2) is 89.2 Å². The van der Waals surface area contributed by atoms with E-state index in [4.69, 9.17) is 0 Å². The molecule has 3 aromatic carbocycles. The molecule has 3 atom stereocenters. The van der Waals surface area contributed by atoms with E-state index in [9.17, 15) is 31.9 Å². The smallest absolute Gasteiger partial charge is 0.404 e. The molecule has 7 rings (SSSR count). The summed E-state index contributed by atoms with van der Waals surface area (Å²) >= 11 is 0. The number of nitrogens with one attached hydrogen (secondary N) is 2. The zero-order valence-electron chi connectivity index (χ0n) is 30.4. The molecule has 3 aromatic rings. The van der Waals surface area contributed by atoms with Gasteiger partial charge in [0.05, 0.1) is 9.79 Å². The van der Waals surface area contributed by atoms with Gasteiger partial charge in [-0.3, -0.25) is 4.79 Å². The molecule has 1 saturated carbocycles. The topological polar surface area (TPSA) is 122 Å². The summed E-state index contributed by atoms with van der Waals surface area (Å²) in [5, 5.41) is 15.0. The van der Waals surface area contributed by atoms with Crippen molar-refractivity contribution in [2.45, 2.75) is 59.8 Å². The first-order valence-electron chi connectivity index (χ1n) is 19.0. The lowest BCUT2D eigenvalue weighted by molar-refractivity contribution is -0.111. The van der Waals surface area contributed by atoms with Crippen LogP contribution in [0.1, 0.15) is 44.1 Å². The van der Waals surface area contributed by atoms with Gasteiger partial charge >= 0.3 is 6.09 Å². The van der Waals surface area contributed by atoms with E-state index in [0.717, 1.165) is 120 Å². The second kappa shape index (κ2) is 15.8. The fourth-order valence-electron chi connectivity index (χ4n) is 9.53. The molecule has 4 fully saturated rings. The molecule has 0 bridgehead atoms. The van der Waals surface area contributed by atoms with Crippen LogP contribution in [0.5, 0.6) is 0 Å². The minimum atomic E-state index is -4.04. The number of hydrogen-bond donors (Lipinski definition) is 3. The Morgan fingerprint density at radius 3 is 2.26 bits per heavy atom. The highest BCUT2D eigenvalue weighted by molar-refractivity contribution is 7.91. The Bertz CT molecular complexity index is 1960. The monoisotopic (exact) mass is 761 g/mol. The van der Waals surface area contributed by atoms with Crippen LogP contribution in [0, 0.1) is 29.4 Å². The van der Waals surface area contributed by atoms with Crippen molar-refractivity contribution in [1.82, 2.24) is 15.1 Å². The van der Waals surface area contributed by atoms with Crippen molar-refractivity contribution in [3.05, 3.63) is 96.6 Å². The molecule has 288 valence electrons. The fourth-order valence-corrected chi connectivity index (χ4v) is 10.8. The predicted octanol–water partition coefficient (Wildman–Crippen LogP) is 6.15. The summed E-state index contributed by atoms with van der Waals surface area (Å²) in [7, 11) is -4.04. The van der Waals surface area contributed by atoms with Crippen LogP contribution in [-0.2, 0) is 20.0 Å². The van der Waals surface area contributed by atoms with Gasteiger partial charge in [-0.1, -0.05) is 25.1 Å². The largest absolute Gasteiger partial charge is 0.465 e. The third-order valence-corrected chi connectivity index (χ3v) is 14.0. The van der Waals surface area contributed by atoms with Gasteiger partial charge in [0.15, 0.2) is 0 Å². The molecule has 54 heavy (non-hydrogen) atoms. The summed E-state index contributed by atoms with van der Waals surface area (Å²) in [4.78, 5) is 30.6. The van der Waals surface area contributed by atoms with Gasteiger partial charge < -0.3 is 30.4 Å². The van der Waals surface area contributed by atoms with Crippen molar-refractivity contribution in [2.24, 2.45) is 17.8 Å². The summed E-state index contributed by atoms with van der Waals surface area (Å²) in [5.41, 5.74) is 1.58. The lowest BCUT2D eigenvalue weighted by Crippen LogP contribution is -2.60. The van der Waals surface area contributed by atoms with Crippen LogP contribution in [-0.4, -0.2) is 93.7 Å². The third kappa shape index (κ3) is 7.90. The van der Waals surface area contributed by atoms with Crippen molar-refractivity contribution in [3.8, 4) is 0 Å². The van der Waals surface area contributed by atoms with Gasteiger partial charge in [0.25, 0.3) is 0 Å². The second-order valence-electron chi connectivity index (χ2n) is 15.5. The molecular weight excluding hydrogens is 713 g/mol. The van der Waals surface area contributed by atoms with E-state index >= 15 is 0 Å². The van der Waals surface area contributed by atoms with E-state index in [1.54, 1.807) is 18.2 Å². The number of sulfone groups is 1. The highest BCUT2D eigenvalue weighted by Gasteiger charge is 2.53. The molecule has 0 unspecified atom stereocenters. The Kier molecular flexibility index (Phi) is 11.1. The molecule has 4 aliphatic rings. The van der Waals surface area contributed by atoms with E-state index in [1.807, 2.05) is 6.07 Å². The summed E-state index contributed by atoms with van der Waals surface area (Å²) in [6.45, 7) is 10.7. The van der Waals surface area contributed by atoms with Crippen LogP contribution in [0.3, 0.4) is 0 Å². The minimum absolute atomic E-state index is 0.0269. The number of nitrogens with zero attached hydrogens (tertiary/aromatic N) is 3. The van der Waals surface area contributed by atoms with E-state index in [-0.39, 0.29) is 44.6 Å². The summed E-state index contributed by atoms with van der Waals surface area (Å²) in [6, 6.07) is 16.7. The first-order chi connectivity index (χ1) is 25.9. The van der Waals surface area contributed by atoms with Gasteiger partial charge in [-0.25, -0.2) is 22.0 Å². The molecule has 10 nitrogen and oxygen atoms in total. The van der Waals surface area contributed by atoms with Crippen molar-refractivity contribution in [2.75, 3.05) is 62.6 Å². The minimum Gasteiger partial charge on any atom is -0.465 e. The number of hydrogen-bond acceptors (Lipinski definition) is 7. The standard InChI is InChI=1S/C41H49F2N5O5S/c1-2-39(49)44-33-21-32(43)22-36(23-33)54(52,53)35-12-10-34(11-13-35)48-25-28(26-48)24-46-18-14-29(15-19-46)41(27-47-16-5-17-47,30-6-3-7-31(42)20-30)37-8-4-9-38(37)45-40(50)51/h2-3,6-7,10-13,20-23,28-29,37-38,45H,1,4-5,8-9,14-19,24-27H2,(H,44,49)(H,50,51)/t37-,38-,41-/m0/s1. The van der Waals surface area contributed by atoms with E-state index < -0.39 is 27.7 Å². The average molecular weight is 762 g/mol. The molecule has 3 N–H and O–H groups in total. The van der Waals surface area contributed by atoms with Crippen molar-refractivity contribution >= 4 is 33.2 Å². The number of piperidine rings is 1. The lowest BCUT2D eigenvalue weighted by atomic mass is 9.57. The molecule has 1 aliphatic carbocycles.